The molecule has 8 heteroatoms. The van der Waals surface area contributed by atoms with Crippen molar-refractivity contribution in [2.75, 3.05) is 4.72 Å². The normalized spacial score (nSPS) is 14.5. The van der Waals surface area contributed by atoms with Crippen LogP contribution in [-0.2, 0) is 10.0 Å². The molecule has 0 aliphatic heterocycles. The number of rotatable bonds is 5. The molecule has 1 amide bonds. The molecule has 0 spiro atoms. The van der Waals surface area contributed by atoms with Gasteiger partial charge in [-0.05, 0) is 61.7 Å². The van der Waals surface area contributed by atoms with Gasteiger partial charge in [0.25, 0.3) is 10.0 Å². The second-order valence-corrected chi connectivity index (χ2v) is 8.20. The molecule has 0 saturated heterocycles. The number of carbonyl (C=O) groups is 1. The zero-order valence-electron chi connectivity index (χ0n) is 14.0. The Bertz CT molecular complexity index is 1130. The van der Waals surface area contributed by atoms with Gasteiger partial charge in [-0.3, -0.25) is 9.52 Å². The summed E-state index contributed by atoms with van der Waals surface area (Å²) in [4.78, 5) is 15.8. The monoisotopic (exact) mass is 371 g/mol. The van der Waals surface area contributed by atoms with Crippen LogP contribution in [0, 0.1) is 6.92 Å². The lowest BCUT2D eigenvalue weighted by molar-refractivity contribution is 0.1000. The van der Waals surface area contributed by atoms with E-state index in [-0.39, 0.29) is 10.5 Å². The van der Waals surface area contributed by atoms with Crippen LogP contribution in [0.2, 0.25) is 0 Å². The first-order valence-electron chi connectivity index (χ1n) is 8.17. The number of primary amides is 1. The minimum absolute atomic E-state index is 0.0229. The van der Waals surface area contributed by atoms with E-state index in [0.29, 0.717) is 34.2 Å². The quantitative estimate of drug-likeness (QED) is 0.715. The first kappa shape index (κ1) is 16.6. The Morgan fingerprint density at radius 2 is 2.00 bits per heavy atom. The van der Waals surface area contributed by atoms with E-state index in [1.807, 2.05) is 0 Å². The van der Waals surface area contributed by atoms with Gasteiger partial charge in [0.15, 0.2) is 11.5 Å². The molecule has 1 heterocycles. The average molecular weight is 371 g/mol. The highest BCUT2D eigenvalue weighted by molar-refractivity contribution is 7.92. The minimum atomic E-state index is -3.87. The van der Waals surface area contributed by atoms with E-state index in [1.165, 1.54) is 12.1 Å². The lowest BCUT2D eigenvalue weighted by Gasteiger charge is -2.10. The Morgan fingerprint density at radius 1 is 1.23 bits per heavy atom. The molecule has 3 N–H and O–H groups in total. The van der Waals surface area contributed by atoms with Crippen molar-refractivity contribution < 1.29 is 17.6 Å². The lowest BCUT2D eigenvalue weighted by Crippen LogP contribution is -2.16. The Hall–Kier alpha value is -2.87. The summed E-state index contributed by atoms with van der Waals surface area (Å²) >= 11 is 0. The zero-order chi connectivity index (χ0) is 18.5. The van der Waals surface area contributed by atoms with E-state index in [4.69, 9.17) is 10.2 Å². The van der Waals surface area contributed by atoms with Crippen LogP contribution in [0.25, 0.3) is 11.1 Å². The lowest BCUT2D eigenvalue weighted by atomic mass is 10.1. The maximum atomic E-state index is 12.7. The number of nitrogens with zero attached hydrogens (tertiary/aromatic N) is 1. The molecular formula is C18H17N3O4S. The summed E-state index contributed by atoms with van der Waals surface area (Å²) in [6, 6.07) is 9.23. The van der Waals surface area contributed by atoms with Crippen molar-refractivity contribution in [3.05, 3.63) is 53.4 Å². The second kappa shape index (κ2) is 5.84. The Morgan fingerprint density at radius 3 is 2.69 bits per heavy atom. The number of oxazole rings is 1. The van der Waals surface area contributed by atoms with Crippen molar-refractivity contribution in [3.8, 4) is 0 Å². The van der Waals surface area contributed by atoms with Crippen LogP contribution in [-0.4, -0.2) is 19.3 Å². The summed E-state index contributed by atoms with van der Waals surface area (Å²) < 4.78 is 33.6. The predicted octanol–water partition coefficient (Wildman–Crippen LogP) is 2.91. The number of hydrogen-bond donors (Lipinski definition) is 2. The smallest absolute Gasteiger partial charge is 0.261 e. The van der Waals surface area contributed by atoms with E-state index in [9.17, 15) is 13.2 Å². The van der Waals surface area contributed by atoms with Crippen LogP contribution in [0.3, 0.4) is 0 Å². The first-order valence-corrected chi connectivity index (χ1v) is 9.65. The zero-order valence-corrected chi connectivity index (χ0v) is 14.8. The largest absolute Gasteiger partial charge is 0.440 e. The third-order valence-electron chi connectivity index (χ3n) is 4.23. The maximum absolute atomic E-state index is 12.7. The highest BCUT2D eigenvalue weighted by Gasteiger charge is 2.29. The molecule has 1 aliphatic carbocycles. The van der Waals surface area contributed by atoms with Crippen molar-refractivity contribution in [2.45, 2.75) is 30.6 Å². The fourth-order valence-electron chi connectivity index (χ4n) is 2.77. The van der Waals surface area contributed by atoms with Gasteiger partial charge in [-0.25, -0.2) is 13.4 Å². The second-order valence-electron chi connectivity index (χ2n) is 6.51. The number of carbonyl (C=O) groups excluding carboxylic acids is 1. The fraction of sp³-hybridized carbons (Fsp3) is 0.222. The van der Waals surface area contributed by atoms with Crippen LogP contribution in [0.15, 0.2) is 45.7 Å². The van der Waals surface area contributed by atoms with Crippen LogP contribution < -0.4 is 10.5 Å². The number of amides is 1. The number of aryl methyl sites for hydroxylation is 1. The highest BCUT2D eigenvalue weighted by atomic mass is 32.2. The number of nitrogens with one attached hydrogen (secondary N) is 1. The topological polar surface area (TPSA) is 115 Å². The van der Waals surface area contributed by atoms with Crippen LogP contribution >= 0.6 is 0 Å². The molecular weight excluding hydrogens is 354 g/mol. The summed E-state index contributed by atoms with van der Waals surface area (Å²) in [5.41, 5.74) is 7.64. The molecule has 2 aromatic carbocycles. The number of nitrogens with two attached hydrogens (primary N) is 1. The number of sulfonamides is 1. The minimum Gasteiger partial charge on any atom is -0.440 e. The fourth-order valence-corrected chi connectivity index (χ4v) is 3.95. The third kappa shape index (κ3) is 3.15. The Labute approximate surface area is 150 Å². The molecule has 4 rings (SSSR count). The van der Waals surface area contributed by atoms with Crippen LogP contribution in [0.1, 0.15) is 40.6 Å². The number of anilines is 1. The van der Waals surface area contributed by atoms with E-state index in [2.05, 4.69) is 9.71 Å². The third-order valence-corrected chi connectivity index (χ3v) is 5.59. The van der Waals surface area contributed by atoms with Gasteiger partial charge in [0, 0.05) is 11.5 Å². The summed E-state index contributed by atoms with van der Waals surface area (Å²) in [6.07, 6.45) is 2.14. The molecule has 26 heavy (non-hydrogen) atoms. The molecule has 134 valence electrons. The van der Waals surface area contributed by atoms with Gasteiger partial charge in [0.2, 0.25) is 5.91 Å². The molecule has 3 aromatic rings. The van der Waals surface area contributed by atoms with E-state index in [0.717, 1.165) is 12.8 Å². The highest BCUT2D eigenvalue weighted by Crippen LogP contribution is 2.40. The van der Waals surface area contributed by atoms with Gasteiger partial charge in [-0.15, -0.1) is 0 Å². The molecule has 0 bridgehead atoms. The SMILES string of the molecule is Cc1cc(C(N)=O)cc(S(=O)(=O)Nc2ccc3oc(C4CC4)nc3c2)c1. The van der Waals surface area contributed by atoms with Crippen LogP contribution in [0.4, 0.5) is 5.69 Å². The van der Waals surface area contributed by atoms with Crippen molar-refractivity contribution in [1.82, 2.24) is 4.98 Å². The molecule has 0 unspecified atom stereocenters. The van der Waals surface area contributed by atoms with Crippen LogP contribution in [0.5, 0.6) is 0 Å². The van der Waals surface area contributed by atoms with Crippen molar-refractivity contribution in [3.63, 3.8) is 0 Å². The summed E-state index contributed by atoms with van der Waals surface area (Å²) in [5, 5.41) is 0. The molecule has 0 radical (unpaired) electrons. The standard InChI is InChI=1S/C18H17N3O4S/c1-10-6-12(17(19)22)8-14(7-10)26(23,24)21-13-4-5-16-15(9-13)20-18(25-16)11-2-3-11/h4-9,11,21H,2-3H2,1H3,(H2,19,22). The Balaban J connectivity index is 1.67. The van der Waals surface area contributed by atoms with Gasteiger partial charge in [0.1, 0.15) is 5.52 Å². The molecule has 1 aromatic heterocycles. The molecule has 1 saturated carbocycles. The summed E-state index contributed by atoms with van der Waals surface area (Å²) in [7, 11) is -3.87. The Kier molecular flexibility index (Phi) is 3.73. The van der Waals surface area contributed by atoms with E-state index in [1.54, 1.807) is 31.2 Å². The number of hydrogen-bond acceptors (Lipinski definition) is 5. The number of fused-ring (bicyclic) bond motifs is 1. The first-order chi connectivity index (χ1) is 12.3. The molecule has 1 fully saturated rings. The van der Waals surface area contributed by atoms with Crippen molar-refractivity contribution >= 4 is 32.7 Å². The summed E-state index contributed by atoms with van der Waals surface area (Å²) in [5.74, 6) is 0.397. The van der Waals surface area contributed by atoms with Gasteiger partial charge in [-0.1, -0.05) is 0 Å². The average Bonchev–Trinajstić information content (AvgIpc) is 3.33. The van der Waals surface area contributed by atoms with E-state index >= 15 is 0 Å². The molecule has 1 aliphatic rings. The predicted molar refractivity (Wildman–Crippen MR) is 96.5 cm³/mol. The molecule has 0 atom stereocenters. The van der Waals surface area contributed by atoms with Gasteiger partial charge < -0.3 is 10.2 Å². The molecule has 7 nitrogen and oxygen atoms in total. The van der Waals surface area contributed by atoms with Gasteiger partial charge in [-0.2, -0.15) is 0 Å². The van der Waals surface area contributed by atoms with E-state index < -0.39 is 15.9 Å². The van der Waals surface area contributed by atoms with Crippen molar-refractivity contribution in [2.24, 2.45) is 5.73 Å². The summed E-state index contributed by atoms with van der Waals surface area (Å²) in [6.45, 7) is 1.70. The van der Waals surface area contributed by atoms with Gasteiger partial charge >= 0.3 is 0 Å². The maximum Gasteiger partial charge on any atom is 0.261 e. The van der Waals surface area contributed by atoms with Crippen molar-refractivity contribution in [1.29, 1.82) is 0 Å². The number of benzene rings is 2. The van der Waals surface area contributed by atoms with Gasteiger partial charge in [0.05, 0.1) is 10.6 Å². The number of aromatic nitrogens is 1.